The maximum atomic E-state index is 10.6. The van der Waals surface area contributed by atoms with Crippen molar-refractivity contribution in [3.8, 4) is 0 Å². The molecule has 2 rings (SSSR count). The largest absolute Gasteiger partial charge is 0.387 e. The summed E-state index contributed by atoms with van der Waals surface area (Å²) in [6, 6.07) is 8.46. The molecule has 1 aliphatic heterocycles. The molecule has 0 amide bonds. The maximum absolute atomic E-state index is 10.6. The lowest BCUT2D eigenvalue weighted by molar-refractivity contribution is 0.172. The first-order chi connectivity index (χ1) is 8.76. The van der Waals surface area contributed by atoms with Gasteiger partial charge in [0.15, 0.2) is 0 Å². The molecule has 0 spiro atoms. The SMILES string of the molecule is CCc1ccc(C(O)C2SCCSC2CC)cc1. The van der Waals surface area contributed by atoms with Gasteiger partial charge in [0.1, 0.15) is 0 Å². The van der Waals surface area contributed by atoms with Crippen molar-refractivity contribution in [3.63, 3.8) is 0 Å². The molecule has 1 nitrogen and oxygen atoms in total. The number of thioether (sulfide) groups is 2. The third-order valence-electron chi connectivity index (χ3n) is 3.54. The van der Waals surface area contributed by atoms with Crippen molar-refractivity contribution in [2.24, 2.45) is 0 Å². The van der Waals surface area contributed by atoms with Gasteiger partial charge in [0.2, 0.25) is 0 Å². The van der Waals surface area contributed by atoms with E-state index in [2.05, 4.69) is 38.1 Å². The van der Waals surface area contributed by atoms with Crippen LogP contribution >= 0.6 is 23.5 Å². The normalized spacial score (nSPS) is 25.9. The Morgan fingerprint density at radius 2 is 1.83 bits per heavy atom. The minimum absolute atomic E-state index is 0.321. The van der Waals surface area contributed by atoms with Gasteiger partial charge in [-0.2, -0.15) is 23.5 Å². The van der Waals surface area contributed by atoms with Crippen LogP contribution in [0.1, 0.15) is 37.5 Å². The molecule has 1 saturated heterocycles. The van der Waals surface area contributed by atoms with Crippen LogP contribution in [-0.4, -0.2) is 27.1 Å². The zero-order valence-corrected chi connectivity index (χ0v) is 12.8. The van der Waals surface area contributed by atoms with Crippen LogP contribution in [0, 0.1) is 0 Å². The zero-order chi connectivity index (χ0) is 13.0. The Labute approximate surface area is 119 Å². The molecule has 3 unspecified atom stereocenters. The summed E-state index contributed by atoms with van der Waals surface area (Å²) >= 11 is 3.96. The molecule has 0 aliphatic carbocycles. The highest BCUT2D eigenvalue weighted by Gasteiger charge is 2.31. The van der Waals surface area contributed by atoms with Gasteiger partial charge in [-0.25, -0.2) is 0 Å². The fraction of sp³-hybridized carbons (Fsp3) is 0.600. The highest BCUT2D eigenvalue weighted by atomic mass is 32.2. The Bertz CT molecular complexity index is 363. The van der Waals surface area contributed by atoms with Gasteiger partial charge in [-0.1, -0.05) is 38.1 Å². The standard InChI is InChI=1S/C15H22OS2/c1-3-11-5-7-12(8-6-11)14(16)15-13(4-2)17-9-10-18-15/h5-8,13-16H,3-4,9-10H2,1-2H3. The Hall–Kier alpha value is -0.120. The minimum atomic E-state index is -0.321. The number of hydrogen-bond acceptors (Lipinski definition) is 3. The Morgan fingerprint density at radius 3 is 2.44 bits per heavy atom. The second kappa shape index (κ2) is 6.88. The molecule has 18 heavy (non-hydrogen) atoms. The number of hydrogen-bond donors (Lipinski definition) is 1. The summed E-state index contributed by atoms with van der Waals surface area (Å²) in [7, 11) is 0. The molecule has 1 aromatic rings. The van der Waals surface area contributed by atoms with E-state index in [1.165, 1.54) is 11.3 Å². The van der Waals surface area contributed by atoms with Crippen molar-refractivity contribution in [1.82, 2.24) is 0 Å². The van der Waals surface area contributed by atoms with Crippen LogP contribution in [0.4, 0.5) is 0 Å². The third kappa shape index (κ3) is 3.25. The van der Waals surface area contributed by atoms with E-state index in [0.29, 0.717) is 10.5 Å². The molecule has 0 bridgehead atoms. The molecule has 3 heteroatoms. The molecular weight excluding hydrogens is 260 g/mol. The molecule has 0 radical (unpaired) electrons. The van der Waals surface area contributed by atoms with E-state index in [1.54, 1.807) is 0 Å². The Kier molecular flexibility index (Phi) is 5.46. The van der Waals surface area contributed by atoms with Crippen molar-refractivity contribution in [2.75, 3.05) is 11.5 Å². The summed E-state index contributed by atoms with van der Waals surface area (Å²) < 4.78 is 0. The molecule has 1 aromatic carbocycles. The summed E-state index contributed by atoms with van der Waals surface area (Å²) in [5.41, 5.74) is 2.41. The maximum Gasteiger partial charge on any atom is 0.0919 e. The lowest BCUT2D eigenvalue weighted by Gasteiger charge is -2.33. The lowest BCUT2D eigenvalue weighted by atomic mass is 10.0. The van der Waals surface area contributed by atoms with Gasteiger partial charge in [0.05, 0.1) is 6.10 Å². The molecule has 1 heterocycles. The third-order valence-corrected chi connectivity index (χ3v) is 6.87. The molecule has 0 aromatic heterocycles. The van der Waals surface area contributed by atoms with Crippen LogP contribution in [-0.2, 0) is 6.42 Å². The molecule has 1 N–H and O–H groups in total. The van der Waals surface area contributed by atoms with E-state index in [9.17, 15) is 5.11 Å². The topological polar surface area (TPSA) is 20.2 Å². The van der Waals surface area contributed by atoms with E-state index in [0.717, 1.165) is 24.2 Å². The van der Waals surface area contributed by atoms with E-state index in [4.69, 9.17) is 0 Å². The second-order valence-corrected chi connectivity index (χ2v) is 7.33. The van der Waals surface area contributed by atoms with Crippen molar-refractivity contribution in [3.05, 3.63) is 35.4 Å². The van der Waals surface area contributed by atoms with Crippen LogP contribution < -0.4 is 0 Å². The minimum Gasteiger partial charge on any atom is -0.387 e. The monoisotopic (exact) mass is 282 g/mol. The van der Waals surface area contributed by atoms with Gasteiger partial charge in [0.25, 0.3) is 0 Å². The van der Waals surface area contributed by atoms with Gasteiger partial charge in [-0.3, -0.25) is 0 Å². The number of aliphatic hydroxyl groups excluding tert-OH is 1. The predicted molar refractivity (Wildman–Crippen MR) is 83.6 cm³/mol. The van der Waals surface area contributed by atoms with Crippen LogP contribution in [0.15, 0.2) is 24.3 Å². The highest BCUT2D eigenvalue weighted by Crippen LogP contribution is 2.40. The predicted octanol–water partition coefficient (Wildman–Crippen LogP) is 3.91. The lowest BCUT2D eigenvalue weighted by Crippen LogP contribution is -2.31. The van der Waals surface area contributed by atoms with Crippen LogP contribution in [0.3, 0.4) is 0 Å². The molecule has 3 atom stereocenters. The smallest absolute Gasteiger partial charge is 0.0919 e. The summed E-state index contributed by atoms with van der Waals surface area (Å²) in [6.07, 6.45) is 1.88. The average Bonchev–Trinajstić information content (AvgIpc) is 2.46. The fourth-order valence-corrected chi connectivity index (χ4v) is 5.51. The van der Waals surface area contributed by atoms with Gasteiger partial charge in [0, 0.05) is 22.0 Å². The van der Waals surface area contributed by atoms with E-state index < -0.39 is 0 Å². The van der Waals surface area contributed by atoms with E-state index in [-0.39, 0.29) is 6.10 Å². The first-order valence-electron chi connectivity index (χ1n) is 6.76. The second-order valence-electron chi connectivity index (χ2n) is 4.69. The summed E-state index contributed by atoms with van der Waals surface area (Å²) in [5.74, 6) is 2.39. The number of benzene rings is 1. The van der Waals surface area contributed by atoms with Crippen molar-refractivity contribution in [1.29, 1.82) is 0 Å². The summed E-state index contributed by atoms with van der Waals surface area (Å²) in [6.45, 7) is 4.38. The van der Waals surface area contributed by atoms with Crippen LogP contribution in [0.25, 0.3) is 0 Å². The molecule has 1 aliphatic rings. The van der Waals surface area contributed by atoms with Crippen LogP contribution in [0.5, 0.6) is 0 Å². The summed E-state index contributed by atoms with van der Waals surface area (Å²) in [4.78, 5) is 0. The van der Waals surface area contributed by atoms with Gasteiger partial charge >= 0.3 is 0 Å². The molecule has 1 fully saturated rings. The highest BCUT2D eigenvalue weighted by molar-refractivity contribution is 8.07. The van der Waals surface area contributed by atoms with Crippen LogP contribution in [0.2, 0.25) is 0 Å². The van der Waals surface area contributed by atoms with Gasteiger partial charge < -0.3 is 5.11 Å². The number of aliphatic hydroxyl groups is 1. The molecule has 0 saturated carbocycles. The number of rotatable bonds is 4. The van der Waals surface area contributed by atoms with Gasteiger partial charge in [-0.15, -0.1) is 0 Å². The Morgan fingerprint density at radius 1 is 1.17 bits per heavy atom. The number of aryl methyl sites for hydroxylation is 1. The quantitative estimate of drug-likeness (QED) is 0.904. The van der Waals surface area contributed by atoms with E-state index >= 15 is 0 Å². The first-order valence-corrected chi connectivity index (χ1v) is 8.86. The molecular formula is C15H22OS2. The Balaban J connectivity index is 2.10. The van der Waals surface area contributed by atoms with E-state index in [1.807, 2.05) is 23.5 Å². The van der Waals surface area contributed by atoms with Crippen molar-refractivity contribution < 1.29 is 5.11 Å². The zero-order valence-electron chi connectivity index (χ0n) is 11.1. The fourth-order valence-electron chi connectivity index (χ4n) is 2.37. The molecule has 100 valence electrons. The van der Waals surface area contributed by atoms with Crippen molar-refractivity contribution >= 4 is 23.5 Å². The van der Waals surface area contributed by atoms with Crippen molar-refractivity contribution in [2.45, 2.75) is 43.3 Å². The summed E-state index contributed by atoms with van der Waals surface area (Å²) in [5, 5.41) is 11.5. The van der Waals surface area contributed by atoms with Gasteiger partial charge in [-0.05, 0) is 24.0 Å². The first kappa shape index (κ1) is 14.3. The average molecular weight is 282 g/mol.